The minimum atomic E-state index is -1.07. The summed E-state index contributed by atoms with van der Waals surface area (Å²) in [6, 6.07) is 8.51. The number of hydrogen-bond donors (Lipinski definition) is 2. The Morgan fingerprint density at radius 2 is 1.96 bits per heavy atom. The number of carbonyl (C=O) groups excluding carboxylic acids is 1. The second kappa shape index (κ2) is 7.40. The zero-order chi connectivity index (χ0) is 16.8. The molecular formula is C17H18N2O4. The van der Waals surface area contributed by atoms with Crippen molar-refractivity contribution in [3.05, 3.63) is 58.9 Å². The van der Waals surface area contributed by atoms with Crippen LogP contribution in [0.3, 0.4) is 0 Å². The number of nitrogens with zero attached hydrogens (tertiary/aromatic N) is 1. The maximum absolute atomic E-state index is 11.9. The van der Waals surface area contributed by atoms with Crippen LogP contribution in [0.4, 0.5) is 0 Å². The van der Waals surface area contributed by atoms with E-state index in [4.69, 9.17) is 9.84 Å². The fourth-order valence-corrected chi connectivity index (χ4v) is 2.08. The number of pyridine rings is 1. The van der Waals surface area contributed by atoms with E-state index in [9.17, 15) is 9.59 Å². The Bertz CT molecular complexity index is 711. The quantitative estimate of drug-likeness (QED) is 0.851. The van der Waals surface area contributed by atoms with E-state index in [1.165, 1.54) is 13.2 Å². The number of ether oxygens (including phenoxy) is 1. The third-order valence-corrected chi connectivity index (χ3v) is 3.32. The minimum Gasteiger partial charge on any atom is -0.496 e. The third kappa shape index (κ3) is 4.54. The van der Waals surface area contributed by atoms with Crippen LogP contribution in [-0.2, 0) is 17.8 Å². The predicted molar refractivity (Wildman–Crippen MR) is 84.5 cm³/mol. The predicted octanol–water partition coefficient (Wildman–Crippen LogP) is 1.96. The van der Waals surface area contributed by atoms with Crippen LogP contribution >= 0.6 is 0 Å². The summed E-state index contributed by atoms with van der Waals surface area (Å²) in [5, 5.41) is 11.9. The molecule has 6 nitrogen and oxygen atoms in total. The molecule has 0 atom stereocenters. The van der Waals surface area contributed by atoms with Gasteiger partial charge >= 0.3 is 5.97 Å². The number of carboxylic acid groups (broad SMARTS) is 1. The van der Waals surface area contributed by atoms with Gasteiger partial charge in [-0.2, -0.15) is 0 Å². The normalized spacial score (nSPS) is 10.2. The van der Waals surface area contributed by atoms with Crippen LogP contribution in [0.25, 0.3) is 0 Å². The van der Waals surface area contributed by atoms with Crippen molar-refractivity contribution in [2.75, 3.05) is 7.11 Å². The molecule has 0 aliphatic rings. The number of aryl methyl sites for hydroxylation is 1. The number of carboxylic acids is 1. The van der Waals surface area contributed by atoms with Crippen molar-refractivity contribution in [1.82, 2.24) is 10.3 Å². The molecule has 0 aliphatic carbocycles. The molecule has 0 saturated carbocycles. The molecule has 120 valence electrons. The van der Waals surface area contributed by atoms with Crippen molar-refractivity contribution in [1.29, 1.82) is 0 Å². The Hall–Kier alpha value is -2.89. The zero-order valence-corrected chi connectivity index (χ0v) is 13.0. The number of hydrogen-bond acceptors (Lipinski definition) is 4. The molecule has 6 heteroatoms. The summed E-state index contributed by atoms with van der Waals surface area (Å²) in [4.78, 5) is 27.2. The van der Waals surface area contributed by atoms with Gasteiger partial charge in [0.05, 0.1) is 13.5 Å². The molecule has 2 N–H and O–H groups in total. The maximum atomic E-state index is 11.9. The second-order valence-electron chi connectivity index (χ2n) is 5.10. The van der Waals surface area contributed by atoms with Gasteiger partial charge in [0.2, 0.25) is 5.91 Å². The van der Waals surface area contributed by atoms with Gasteiger partial charge < -0.3 is 15.2 Å². The topological polar surface area (TPSA) is 88.5 Å². The van der Waals surface area contributed by atoms with Crippen molar-refractivity contribution in [3.8, 4) is 5.75 Å². The van der Waals surface area contributed by atoms with Gasteiger partial charge in [-0.1, -0.05) is 12.1 Å². The van der Waals surface area contributed by atoms with E-state index in [-0.39, 0.29) is 24.4 Å². The van der Waals surface area contributed by atoms with Gasteiger partial charge in [-0.25, -0.2) is 4.79 Å². The van der Waals surface area contributed by atoms with Crippen molar-refractivity contribution in [2.24, 2.45) is 0 Å². The number of nitrogens with one attached hydrogen (secondary N) is 1. The molecule has 0 bridgehead atoms. The van der Waals surface area contributed by atoms with Crippen molar-refractivity contribution < 1.29 is 19.4 Å². The van der Waals surface area contributed by atoms with E-state index in [1.807, 2.05) is 19.1 Å². The lowest BCUT2D eigenvalue weighted by Crippen LogP contribution is -2.24. The molecule has 2 rings (SSSR count). The van der Waals surface area contributed by atoms with E-state index < -0.39 is 5.97 Å². The summed E-state index contributed by atoms with van der Waals surface area (Å²) < 4.78 is 5.00. The van der Waals surface area contributed by atoms with Gasteiger partial charge in [0, 0.05) is 18.4 Å². The number of benzene rings is 1. The zero-order valence-electron chi connectivity index (χ0n) is 13.0. The van der Waals surface area contributed by atoms with Gasteiger partial charge in [-0.05, 0) is 36.2 Å². The van der Waals surface area contributed by atoms with E-state index in [2.05, 4.69) is 10.3 Å². The van der Waals surface area contributed by atoms with Crippen LogP contribution in [0.15, 0.2) is 36.5 Å². The number of amides is 1. The Balaban J connectivity index is 1.97. The Labute approximate surface area is 134 Å². The number of rotatable bonds is 6. The number of methoxy groups -OCH3 is 1. The summed E-state index contributed by atoms with van der Waals surface area (Å²) in [5.74, 6) is -0.928. The highest BCUT2D eigenvalue weighted by Crippen LogP contribution is 2.19. The first-order chi connectivity index (χ1) is 11.0. The summed E-state index contributed by atoms with van der Waals surface area (Å²) in [6.45, 7) is 2.13. The van der Waals surface area contributed by atoms with Crippen LogP contribution in [0, 0.1) is 6.92 Å². The lowest BCUT2D eigenvalue weighted by Gasteiger charge is -2.09. The lowest BCUT2D eigenvalue weighted by atomic mass is 10.1. The van der Waals surface area contributed by atoms with Crippen LogP contribution in [0.1, 0.15) is 27.2 Å². The first kappa shape index (κ1) is 16.5. The molecule has 0 fully saturated rings. The monoisotopic (exact) mass is 314 g/mol. The highest BCUT2D eigenvalue weighted by Gasteiger charge is 2.12. The third-order valence-electron chi connectivity index (χ3n) is 3.32. The molecule has 2 aromatic rings. The molecule has 0 spiro atoms. The smallest absolute Gasteiger partial charge is 0.339 e. The van der Waals surface area contributed by atoms with Gasteiger partial charge in [-0.15, -0.1) is 0 Å². The van der Waals surface area contributed by atoms with Gasteiger partial charge in [0.15, 0.2) is 0 Å². The van der Waals surface area contributed by atoms with E-state index in [0.29, 0.717) is 11.3 Å². The van der Waals surface area contributed by atoms with Crippen LogP contribution in [0.5, 0.6) is 5.75 Å². The van der Waals surface area contributed by atoms with Gasteiger partial charge in [0.25, 0.3) is 0 Å². The number of aromatic nitrogens is 1. The van der Waals surface area contributed by atoms with Crippen molar-refractivity contribution in [2.45, 2.75) is 19.9 Å². The number of carbonyl (C=O) groups is 2. The molecule has 0 saturated heterocycles. The average molecular weight is 314 g/mol. The molecule has 23 heavy (non-hydrogen) atoms. The van der Waals surface area contributed by atoms with Crippen LogP contribution in [0.2, 0.25) is 0 Å². The standard InChI is InChI=1S/C17H18N2O4/c1-11-3-4-13(9-18-11)8-16(20)19-10-12-5-6-15(23-2)14(7-12)17(21)22/h3-7,9H,8,10H2,1-2H3,(H,19,20)(H,21,22). The molecule has 1 aromatic carbocycles. The molecule has 0 unspecified atom stereocenters. The molecule has 0 radical (unpaired) electrons. The lowest BCUT2D eigenvalue weighted by molar-refractivity contribution is -0.120. The molecule has 0 aliphatic heterocycles. The molecular weight excluding hydrogens is 296 g/mol. The largest absolute Gasteiger partial charge is 0.496 e. The summed E-state index contributed by atoms with van der Waals surface area (Å²) in [6.07, 6.45) is 1.90. The fraction of sp³-hybridized carbons (Fsp3) is 0.235. The Morgan fingerprint density at radius 1 is 1.22 bits per heavy atom. The van der Waals surface area contributed by atoms with Crippen LogP contribution in [-0.4, -0.2) is 29.1 Å². The summed E-state index contributed by atoms with van der Waals surface area (Å²) >= 11 is 0. The van der Waals surface area contributed by atoms with Crippen molar-refractivity contribution in [3.63, 3.8) is 0 Å². The summed E-state index contributed by atoms with van der Waals surface area (Å²) in [5.41, 5.74) is 2.49. The minimum absolute atomic E-state index is 0.0713. The fourth-order valence-electron chi connectivity index (χ4n) is 2.08. The van der Waals surface area contributed by atoms with E-state index in [1.54, 1.807) is 18.3 Å². The Morgan fingerprint density at radius 3 is 2.57 bits per heavy atom. The molecule has 1 heterocycles. The van der Waals surface area contributed by atoms with E-state index >= 15 is 0 Å². The van der Waals surface area contributed by atoms with Crippen molar-refractivity contribution >= 4 is 11.9 Å². The highest BCUT2D eigenvalue weighted by molar-refractivity contribution is 5.91. The highest BCUT2D eigenvalue weighted by atomic mass is 16.5. The first-order valence-electron chi connectivity index (χ1n) is 7.08. The summed E-state index contributed by atoms with van der Waals surface area (Å²) in [7, 11) is 1.42. The van der Waals surface area contributed by atoms with Gasteiger partial charge in [-0.3, -0.25) is 9.78 Å². The maximum Gasteiger partial charge on any atom is 0.339 e. The molecule has 1 aromatic heterocycles. The average Bonchev–Trinajstić information content (AvgIpc) is 2.54. The second-order valence-corrected chi connectivity index (χ2v) is 5.10. The number of aromatic carboxylic acids is 1. The van der Waals surface area contributed by atoms with Gasteiger partial charge in [0.1, 0.15) is 11.3 Å². The first-order valence-corrected chi connectivity index (χ1v) is 7.08. The van der Waals surface area contributed by atoms with Crippen LogP contribution < -0.4 is 10.1 Å². The molecule has 1 amide bonds. The SMILES string of the molecule is COc1ccc(CNC(=O)Cc2ccc(C)nc2)cc1C(=O)O. The Kier molecular flexibility index (Phi) is 5.30. The van der Waals surface area contributed by atoms with E-state index in [0.717, 1.165) is 11.3 Å².